The van der Waals surface area contributed by atoms with E-state index in [1.807, 2.05) is 17.5 Å². The van der Waals surface area contributed by atoms with Crippen molar-refractivity contribution in [2.45, 2.75) is 65.1 Å². The summed E-state index contributed by atoms with van der Waals surface area (Å²) in [6, 6.07) is 1.80. The molecule has 1 aliphatic rings. The van der Waals surface area contributed by atoms with E-state index < -0.39 is 0 Å². The van der Waals surface area contributed by atoms with Crippen molar-refractivity contribution in [3.8, 4) is 0 Å². The zero-order chi connectivity index (χ0) is 13.8. The number of nitrogens with zero attached hydrogens (tertiary/aromatic N) is 2. The molecule has 3 atom stereocenters. The van der Waals surface area contributed by atoms with Crippen molar-refractivity contribution in [2.24, 2.45) is 0 Å². The number of hydrogen-bond acceptors (Lipinski definition) is 4. The Bertz CT molecular complexity index is 390. The van der Waals surface area contributed by atoms with Crippen molar-refractivity contribution in [1.29, 1.82) is 0 Å². The Morgan fingerprint density at radius 1 is 1.53 bits per heavy atom. The second-order valence-electron chi connectivity index (χ2n) is 5.56. The van der Waals surface area contributed by atoms with Gasteiger partial charge in [-0.05, 0) is 39.7 Å². The van der Waals surface area contributed by atoms with Crippen LogP contribution in [0.3, 0.4) is 0 Å². The third kappa shape index (κ3) is 3.56. The third-order valence-corrected chi connectivity index (χ3v) is 5.51. The number of nitrogens with one attached hydrogen (secondary N) is 1. The second-order valence-corrected chi connectivity index (χ2v) is 6.71. The van der Waals surface area contributed by atoms with Crippen molar-refractivity contribution < 1.29 is 0 Å². The summed E-state index contributed by atoms with van der Waals surface area (Å²) in [5.74, 6) is 0. The van der Waals surface area contributed by atoms with Gasteiger partial charge in [-0.3, -0.25) is 4.90 Å². The summed E-state index contributed by atoms with van der Waals surface area (Å²) in [5.41, 5.74) is 0. The normalized spacial score (nSPS) is 26.5. The molecule has 1 fully saturated rings. The predicted octanol–water partition coefficient (Wildman–Crippen LogP) is 3.23. The molecule has 1 aromatic rings. The van der Waals surface area contributed by atoms with Crippen molar-refractivity contribution in [3.63, 3.8) is 0 Å². The first-order valence-electron chi connectivity index (χ1n) is 7.59. The first-order chi connectivity index (χ1) is 9.15. The summed E-state index contributed by atoms with van der Waals surface area (Å²) >= 11 is 1.88. The van der Waals surface area contributed by atoms with Crippen molar-refractivity contribution in [1.82, 2.24) is 15.2 Å². The molecule has 3 nitrogen and oxygen atoms in total. The molecule has 2 rings (SSSR count). The largest absolute Gasteiger partial charge is 0.314 e. The molecular weight excluding hydrogens is 254 g/mol. The average molecular weight is 281 g/mol. The van der Waals surface area contributed by atoms with E-state index in [2.05, 4.69) is 42.9 Å². The molecule has 0 aromatic carbocycles. The lowest BCUT2D eigenvalue weighted by molar-refractivity contribution is 0.0958. The Morgan fingerprint density at radius 2 is 2.32 bits per heavy atom. The molecule has 1 aliphatic heterocycles. The van der Waals surface area contributed by atoms with Gasteiger partial charge < -0.3 is 5.32 Å². The van der Waals surface area contributed by atoms with Crippen LogP contribution >= 0.6 is 11.3 Å². The molecule has 108 valence electrons. The summed E-state index contributed by atoms with van der Waals surface area (Å²) in [6.45, 7) is 11.3. The lowest BCUT2D eigenvalue weighted by Gasteiger charge is -2.40. The van der Waals surface area contributed by atoms with Gasteiger partial charge in [-0.25, -0.2) is 4.98 Å². The van der Waals surface area contributed by atoms with Crippen LogP contribution in [0.15, 0.2) is 6.20 Å². The van der Waals surface area contributed by atoms with Crippen molar-refractivity contribution in [2.75, 3.05) is 13.1 Å². The van der Waals surface area contributed by atoms with E-state index in [1.165, 1.54) is 29.3 Å². The summed E-state index contributed by atoms with van der Waals surface area (Å²) in [4.78, 5) is 8.63. The van der Waals surface area contributed by atoms with Gasteiger partial charge in [0.15, 0.2) is 0 Å². The predicted molar refractivity (Wildman–Crippen MR) is 82.8 cm³/mol. The second kappa shape index (κ2) is 6.82. The zero-order valence-corrected chi connectivity index (χ0v) is 13.5. The fourth-order valence-electron chi connectivity index (χ4n) is 3.06. The maximum Gasteiger partial charge on any atom is 0.110 e. The van der Waals surface area contributed by atoms with Crippen molar-refractivity contribution >= 4 is 11.3 Å². The maximum absolute atomic E-state index is 4.61. The van der Waals surface area contributed by atoms with Crippen LogP contribution in [0.2, 0.25) is 0 Å². The standard InChI is InChI=1S/C15H27N3S/c1-5-14-10-17-15(19-14)12(4)18-8-7-13(16-6-2)9-11(18)3/h10-13,16H,5-9H2,1-4H3. The van der Waals surface area contributed by atoms with Gasteiger partial charge in [0, 0.05) is 29.7 Å². The Kier molecular flexibility index (Phi) is 5.37. The summed E-state index contributed by atoms with van der Waals surface area (Å²) < 4.78 is 0. The number of piperidine rings is 1. The Labute approximate surface area is 121 Å². The molecule has 0 saturated carbocycles. The highest BCUT2D eigenvalue weighted by Gasteiger charge is 2.29. The zero-order valence-electron chi connectivity index (χ0n) is 12.6. The van der Waals surface area contributed by atoms with Crippen LogP contribution < -0.4 is 5.32 Å². The molecule has 0 radical (unpaired) electrons. The van der Waals surface area contributed by atoms with E-state index in [-0.39, 0.29) is 0 Å². The fourth-order valence-corrected chi connectivity index (χ4v) is 3.99. The van der Waals surface area contributed by atoms with E-state index in [4.69, 9.17) is 0 Å². The van der Waals surface area contributed by atoms with Gasteiger partial charge in [0.2, 0.25) is 0 Å². The van der Waals surface area contributed by atoms with Gasteiger partial charge >= 0.3 is 0 Å². The highest BCUT2D eigenvalue weighted by molar-refractivity contribution is 7.11. The first-order valence-corrected chi connectivity index (χ1v) is 8.41. The molecule has 0 amide bonds. The minimum atomic E-state index is 0.461. The van der Waals surface area contributed by atoms with Crippen LogP contribution in [0.4, 0.5) is 0 Å². The van der Waals surface area contributed by atoms with E-state index in [0.717, 1.165) is 13.0 Å². The van der Waals surface area contributed by atoms with E-state index in [1.54, 1.807) is 0 Å². The van der Waals surface area contributed by atoms with Gasteiger partial charge in [-0.2, -0.15) is 0 Å². The Hall–Kier alpha value is -0.450. The SMILES string of the molecule is CCNC1CCN(C(C)c2ncc(CC)s2)C(C)C1. The average Bonchev–Trinajstić information content (AvgIpc) is 2.87. The van der Waals surface area contributed by atoms with Crippen LogP contribution in [-0.4, -0.2) is 35.1 Å². The first kappa shape index (κ1) is 14.9. The third-order valence-electron chi connectivity index (χ3n) is 4.20. The lowest BCUT2D eigenvalue weighted by atomic mass is 9.97. The molecule has 19 heavy (non-hydrogen) atoms. The van der Waals surface area contributed by atoms with Gasteiger partial charge in [0.05, 0.1) is 6.04 Å². The van der Waals surface area contributed by atoms with E-state index >= 15 is 0 Å². The lowest BCUT2D eigenvalue weighted by Crippen LogP contribution is -2.48. The number of likely N-dealkylation sites (tertiary alicyclic amines) is 1. The minimum Gasteiger partial charge on any atom is -0.314 e. The highest BCUT2D eigenvalue weighted by Crippen LogP contribution is 2.30. The molecule has 2 heterocycles. The number of hydrogen-bond donors (Lipinski definition) is 1. The smallest absolute Gasteiger partial charge is 0.110 e. The van der Waals surface area contributed by atoms with E-state index in [0.29, 0.717) is 18.1 Å². The van der Waals surface area contributed by atoms with E-state index in [9.17, 15) is 0 Å². The molecule has 4 heteroatoms. The van der Waals surface area contributed by atoms with Crippen LogP contribution in [0.25, 0.3) is 0 Å². The van der Waals surface area contributed by atoms with Crippen LogP contribution in [0.1, 0.15) is 56.5 Å². The van der Waals surface area contributed by atoms with Gasteiger partial charge in [-0.1, -0.05) is 13.8 Å². The Balaban J connectivity index is 1.98. The summed E-state index contributed by atoms with van der Waals surface area (Å²) in [6.07, 6.45) is 5.66. The van der Waals surface area contributed by atoms with Gasteiger partial charge in [0.1, 0.15) is 5.01 Å². The monoisotopic (exact) mass is 281 g/mol. The Morgan fingerprint density at radius 3 is 2.89 bits per heavy atom. The van der Waals surface area contributed by atoms with Gasteiger partial charge in [0.25, 0.3) is 0 Å². The highest BCUT2D eigenvalue weighted by atomic mass is 32.1. The number of rotatable bonds is 5. The number of thiazole rings is 1. The maximum atomic E-state index is 4.61. The van der Waals surface area contributed by atoms with Gasteiger partial charge in [-0.15, -0.1) is 11.3 Å². The van der Waals surface area contributed by atoms with Crippen molar-refractivity contribution in [3.05, 3.63) is 16.1 Å². The van der Waals surface area contributed by atoms with Crippen LogP contribution in [-0.2, 0) is 6.42 Å². The summed E-state index contributed by atoms with van der Waals surface area (Å²) in [5, 5.41) is 4.87. The fraction of sp³-hybridized carbons (Fsp3) is 0.800. The molecule has 0 spiro atoms. The molecule has 0 aliphatic carbocycles. The number of aromatic nitrogens is 1. The molecule has 1 saturated heterocycles. The number of aryl methyl sites for hydroxylation is 1. The summed E-state index contributed by atoms with van der Waals surface area (Å²) in [7, 11) is 0. The quantitative estimate of drug-likeness (QED) is 0.898. The molecule has 1 N–H and O–H groups in total. The van der Waals surface area contributed by atoms with Crippen LogP contribution in [0.5, 0.6) is 0 Å². The minimum absolute atomic E-state index is 0.461. The topological polar surface area (TPSA) is 28.2 Å². The van der Waals surface area contributed by atoms with Crippen LogP contribution in [0, 0.1) is 0 Å². The molecular formula is C15H27N3S. The molecule has 0 bridgehead atoms. The molecule has 3 unspecified atom stereocenters. The molecule has 1 aromatic heterocycles.